The van der Waals surface area contributed by atoms with Gasteiger partial charge in [0.1, 0.15) is 6.54 Å². The lowest BCUT2D eigenvalue weighted by atomic mass is 10.0. The number of hydrogen-bond donors (Lipinski definition) is 1. The summed E-state index contributed by atoms with van der Waals surface area (Å²) in [6.07, 6.45) is 4.42. The van der Waals surface area contributed by atoms with Crippen LogP contribution in [0.1, 0.15) is 25.3 Å². The second kappa shape index (κ2) is 9.24. The third kappa shape index (κ3) is 4.99. The molecule has 7 heteroatoms. The van der Waals surface area contributed by atoms with Crippen LogP contribution in [0.5, 0.6) is 0 Å². The van der Waals surface area contributed by atoms with E-state index in [2.05, 4.69) is 12.2 Å². The van der Waals surface area contributed by atoms with Crippen LogP contribution in [-0.2, 0) is 27.8 Å². The molecule has 3 aromatic rings. The number of rotatable bonds is 7. The van der Waals surface area contributed by atoms with E-state index < -0.39 is 10.0 Å². The minimum Gasteiger partial charge on any atom is -0.354 e. The minimum atomic E-state index is -3.48. The Bertz CT molecular complexity index is 1150. The quantitative estimate of drug-likeness (QED) is 0.613. The number of benzene rings is 2. The Morgan fingerprint density at radius 3 is 2.55 bits per heavy atom. The Hall–Kier alpha value is -2.64. The summed E-state index contributed by atoms with van der Waals surface area (Å²) < 4.78 is 29.5. The molecular formula is C24H29N3O3S. The van der Waals surface area contributed by atoms with Gasteiger partial charge in [0, 0.05) is 36.7 Å². The Morgan fingerprint density at radius 2 is 1.81 bits per heavy atom. The van der Waals surface area contributed by atoms with Gasteiger partial charge in [-0.1, -0.05) is 37.3 Å². The summed E-state index contributed by atoms with van der Waals surface area (Å²) in [7, 11) is -3.48. The van der Waals surface area contributed by atoms with E-state index >= 15 is 0 Å². The van der Waals surface area contributed by atoms with Crippen molar-refractivity contribution in [1.82, 2.24) is 14.2 Å². The molecule has 1 N–H and O–H groups in total. The van der Waals surface area contributed by atoms with Crippen molar-refractivity contribution in [2.24, 2.45) is 5.92 Å². The average molecular weight is 440 g/mol. The van der Waals surface area contributed by atoms with Crippen molar-refractivity contribution in [2.75, 3.05) is 19.6 Å². The van der Waals surface area contributed by atoms with Gasteiger partial charge in [-0.3, -0.25) is 4.79 Å². The van der Waals surface area contributed by atoms with Crippen LogP contribution >= 0.6 is 0 Å². The lowest BCUT2D eigenvalue weighted by molar-refractivity contribution is -0.121. The van der Waals surface area contributed by atoms with E-state index in [0.29, 0.717) is 30.4 Å². The number of fused-ring (bicyclic) bond motifs is 1. The van der Waals surface area contributed by atoms with Crippen LogP contribution in [-0.4, -0.2) is 42.8 Å². The van der Waals surface area contributed by atoms with E-state index in [9.17, 15) is 13.2 Å². The van der Waals surface area contributed by atoms with Crippen LogP contribution < -0.4 is 5.32 Å². The first-order valence-corrected chi connectivity index (χ1v) is 12.3. The van der Waals surface area contributed by atoms with E-state index in [4.69, 9.17) is 0 Å². The maximum absolute atomic E-state index is 13.0. The summed E-state index contributed by atoms with van der Waals surface area (Å²) in [6, 6.07) is 17.1. The Labute approximate surface area is 183 Å². The monoisotopic (exact) mass is 439 g/mol. The van der Waals surface area contributed by atoms with Gasteiger partial charge in [0.15, 0.2) is 0 Å². The maximum atomic E-state index is 13.0. The molecule has 0 unspecified atom stereocenters. The summed E-state index contributed by atoms with van der Waals surface area (Å²) >= 11 is 0. The molecule has 6 nitrogen and oxygen atoms in total. The van der Waals surface area contributed by atoms with Crippen molar-refractivity contribution in [3.8, 4) is 0 Å². The van der Waals surface area contributed by atoms with Gasteiger partial charge in [0.2, 0.25) is 15.9 Å². The fourth-order valence-electron chi connectivity index (χ4n) is 4.05. The van der Waals surface area contributed by atoms with Gasteiger partial charge in [0.25, 0.3) is 0 Å². The molecule has 0 radical (unpaired) electrons. The number of amides is 1. The van der Waals surface area contributed by atoms with Crippen molar-refractivity contribution in [1.29, 1.82) is 0 Å². The van der Waals surface area contributed by atoms with Gasteiger partial charge in [-0.15, -0.1) is 0 Å². The third-order valence-electron chi connectivity index (χ3n) is 6.02. The van der Waals surface area contributed by atoms with Crippen molar-refractivity contribution in [3.05, 3.63) is 66.4 Å². The number of sulfonamides is 1. The van der Waals surface area contributed by atoms with Crippen molar-refractivity contribution >= 4 is 26.8 Å². The van der Waals surface area contributed by atoms with Gasteiger partial charge >= 0.3 is 0 Å². The fourth-order valence-corrected chi connectivity index (χ4v) is 5.56. The number of carbonyl (C=O) groups is 1. The van der Waals surface area contributed by atoms with Crippen LogP contribution in [0.2, 0.25) is 0 Å². The van der Waals surface area contributed by atoms with Crippen LogP contribution in [0.3, 0.4) is 0 Å². The number of nitrogens with zero attached hydrogens (tertiary/aromatic N) is 2. The molecular weight excluding hydrogens is 410 g/mol. The standard InChI is InChI=1S/C24H29N3O3S/c1-19-10-15-27(16-11-19)31(29,30)22-7-8-23-21(17-22)12-14-26(23)18-24(28)25-13-9-20-5-3-2-4-6-20/h2-8,12,14,17,19H,9-11,13,15-16,18H2,1H3,(H,25,28). The van der Waals surface area contributed by atoms with Crippen LogP contribution in [0.25, 0.3) is 10.9 Å². The highest BCUT2D eigenvalue weighted by Crippen LogP contribution is 2.26. The first-order valence-electron chi connectivity index (χ1n) is 10.8. The average Bonchev–Trinajstić information content (AvgIpc) is 3.17. The summed E-state index contributed by atoms with van der Waals surface area (Å²) in [5.74, 6) is 0.509. The number of aromatic nitrogens is 1. The van der Waals surface area contributed by atoms with Gasteiger partial charge in [-0.2, -0.15) is 4.31 Å². The fraction of sp³-hybridized carbons (Fsp3) is 0.375. The van der Waals surface area contributed by atoms with Gasteiger partial charge < -0.3 is 9.88 Å². The summed E-state index contributed by atoms with van der Waals surface area (Å²) in [5.41, 5.74) is 2.04. The second-order valence-corrected chi connectivity index (χ2v) is 10.3. The van der Waals surface area contributed by atoms with Crippen molar-refractivity contribution < 1.29 is 13.2 Å². The Balaban J connectivity index is 1.41. The van der Waals surface area contributed by atoms with Crippen LogP contribution in [0.15, 0.2) is 65.7 Å². The molecule has 2 heterocycles. The lowest BCUT2D eigenvalue weighted by Crippen LogP contribution is -2.37. The van der Waals surface area contributed by atoms with E-state index in [0.717, 1.165) is 30.2 Å². The van der Waals surface area contributed by atoms with E-state index in [-0.39, 0.29) is 12.5 Å². The minimum absolute atomic E-state index is 0.0624. The predicted octanol–water partition coefficient (Wildman–Crippen LogP) is 3.42. The summed E-state index contributed by atoms with van der Waals surface area (Å²) in [6.45, 7) is 4.10. The number of hydrogen-bond acceptors (Lipinski definition) is 3. The molecule has 164 valence electrons. The van der Waals surface area contributed by atoms with E-state index in [1.807, 2.05) is 47.2 Å². The second-order valence-electron chi connectivity index (χ2n) is 8.34. The number of carbonyl (C=O) groups excluding carboxylic acids is 1. The van der Waals surface area contributed by atoms with Crippen LogP contribution in [0.4, 0.5) is 0 Å². The summed E-state index contributed by atoms with van der Waals surface area (Å²) in [5, 5.41) is 3.78. The highest BCUT2D eigenvalue weighted by Gasteiger charge is 2.28. The zero-order valence-corrected chi connectivity index (χ0v) is 18.6. The van der Waals surface area contributed by atoms with E-state index in [1.165, 1.54) is 5.56 Å². The molecule has 0 saturated carbocycles. The molecule has 0 aliphatic carbocycles. The topological polar surface area (TPSA) is 71.4 Å². The normalized spacial score (nSPS) is 15.9. The molecule has 1 saturated heterocycles. The highest BCUT2D eigenvalue weighted by atomic mass is 32.2. The number of nitrogens with one attached hydrogen (secondary N) is 1. The molecule has 31 heavy (non-hydrogen) atoms. The highest BCUT2D eigenvalue weighted by molar-refractivity contribution is 7.89. The molecule has 1 aromatic heterocycles. The molecule has 2 aromatic carbocycles. The summed E-state index contributed by atoms with van der Waals surface area (Å²) in [4.78, 5) is 12.7. The molecule has 0 spiro atoms. The third-order valence-corrected chi connectivity index (χ3v) is 7.91. The Kier molecular flexibility index (Phi) is 6.43. The lowest BCUT2D eigenvalue weighted by Gasteiger charge is -2.29. The zero-order chi connectivity index (χ0) is 21.8. The van der Waals surface area contributed by atoms with Gasteiger partial charge in [-0.25, -0.2) is 8.42 Å². The zero-order valence-electron chi connectivity index (χ0n) is 17.8. The van der Waals surface area contributed by atoms with E-state index in [1.54, 1.807) is 22.5 Å². The first kappa shape index (κ1) is 21.6. The smallest absolute Gasteiger partial charge is 0.243 e. The maximum Gasteiger partial charge on any atom is 0.243 e. The predicted molar refractivity (Wildman–Crippen MR) is 122 cm³/mol. The molecule has 4 rings (SSSR count). The molecule has 1 aliphatic heterocycles. The molecule has 0 bridgehead atoms. The van der Waals surface area contributed by atoms with Gasteiger partial charge in [-0.05, 0) is 55.0 Å². The first-order chi connectivity index (χ1) is 14.9. The molecule has 0 atom stereocenters. The van der Waals surface area contributed by atoms with Crippen molar-refractivity contribution in [2.45, 2.75) is 37.6 Å². The molecule has 1 aliphatic rings. The van der Waals surface area contributed by atoms with Gasteiger partial charge in [0.05, 0.1) is 4.90 Å². The molecule has 1 fully saturated rings. The van der Waals surface area contributed by atoms with Crippen molar-refractivity contribution in [3.63, 3.8) is 0 Å². The molecule has 1 amide bonds. The number of piperidine rings is 1. The van der Waals surface area contributed by atoms with Crippen LogP contribution in [0, 0.1) is 5.92 Å². The SMILES string of the molecule is CC1CCN(S(=O)(=O)c2ccc3c(ccn3CC(=O)NCCc3ccccc3)c2)CC1. The largest absolute Gasteiger partial charge is 0.354 e. The Morgan fingerprint density at radius 1 is 1.06 bits per heavy atom.